The summed E-state index contributed by atoms with van der Waals surface area (Å²) in [6.07, 6.45) is 4.61. The summed E-state index contributed by atoms with van der Waals surface area (Å²) in [5, 5.41) is 3.87. The number of thiophene rings is 1. The number of hydrogen-bond acceptors (Lipinski definition) is 4. The molecule has 0 saturated heterocycles. The molecule has 4 rings (SSSR count). The fraction of sp³-hybridized carbons (Fsp3) is 0.556. The van der Waals surface area contributed by atoms with Crippen LogP contribution >= 0.6 is 11.3 Å². The van der Waals surface area contributed by atoms with Gasteiger partial charge in [0.05, 0.1) is 30.7 Å². The minimum atomic E-state index is 0.0974. The molecule has 2 aromatic rings. The first-order valence-electron chi connectivity index (χ1n) is 8.69. The van der Waals surface area contributed by atoms with Crippen molar-refractivity contribution in [1.29, 1.82) is 0 Å². The van der Waals surface area contributed by atoms with Crippen molar-refractivity contribution in [3.8, 4) is 0 Å². The van der Waals surface area contributed by atoms with E-state index in [0.717, 1.165) is 23.7 Å². The van der Waals surface area contributed by atoms with Crippen LogP contribution in [0.25, 0.3) is 0 Å². The molecule has 1 saturated carbocycles. The molecule has 0 spiro atoms. The molecule has 1 aliphatic heterocycles. The van der Waals surface area contributed by atoms with Crippen LogP contribution in [0.4, 0.5) is 0 Å². The van der Waals surface area contributed by atoms with Gasteiger partial charge in [-0.05, 0) is 37.1 Å². The van der Waals surface area contributed by atoms with Gasteiger partial charge in [-0.2, -0.15) is 11.3 Å². The quantitative estimate of drug-likeness (QED) is 0.808. The molecule has 24 heavy (non-hydrogen) atoms. The second kappa shape index (κ2) is 6.69. The molecule has 5 nitrogen and oxygen atoms in total. The summed E-state index contributed by atoms with van der Waals surface area (Å²) in [5.41, 5.74) is 3.09. The van der Waals surface area contributed by atoms with E-state index in [0.29, 0.717) is 26.3 Å². The summed E-state index contributed by atoms with van der Waals surface area (Å²) in [6, 6.07) is 1.89. The van der Waals surface area contributed by atoms with Gasteiger partial charge in [-0.25, -0.2) is 4.98 Å². The third kappa shape index (κ3) is 3.13. The first kappa shape index (κ1) is 15.8. The highest BCUT2D eigenvalue weighted by Crippen LogP contribution is 2.34. The zero-order chi connectivity index (χ0) is 16.5. The lowest BCUT2D eigenvalue weighted by molar-refractivity contribution is 0.0644. The third-order valence-corrected chi connectivity index (χ3v) is 5.54. The molecule has 1 fully saturated rings. The van der Waals surface area contributed by atoms with Crippen LogP contribution in [0, 0.1) is 5.92 Å². The van der Waals surface area contributed by atoms with Crippen molar-refractivity contribution < 1.29 is 9.53 Å². The smallest absolute Gasteiger partial charge is 0.255 e. The molecule has 1 aliphatic carbocycles. The molecule has 2 aromatic heterocycles. The van der Waals surface area contributed by atoms with E-state index in [1.54, 1.807) is 11.3 Å². The number of rotatable bonds is 6. The highest BCUT2D eigenvalue weighted by Gasteiger charge is 2.34. The number of nitrogens with zero attached hydrogens (tertiary/aromatic N) is 3. The molecule has 2 aliphatic rings. The van der Waals surface area contributed by atoms with Gasteiger partial charge >= 0.3 is 0 Å². The van der Waals surface area contributed by atoms with E-state index in [1.807, 2.05) is 35.0 Å². The predicted molar refractivity (Wildman–Crippen MR) is 93.2 cm³/mol. The van der Waals surface area contributed by atoms with Crippen LogP contribution in [-0.4, -0.2) is 40.1 Å². The van der Waals surface area contributed by atoms with Gasteiger partial charge in [0.2, 0.25) is 0 Å². The van der Waals surface area contributed by atoms with Gasteiger partial charge < -0.3 is 14.2 Å². The molecule has 1 atom stereocenters. The Bertz CT molecular complexity index is 706. The molecule has 0 bridgehead atoms. The van der Waals surface area contributed by atoms with Crippen LogP contribution < -0.4 is 0 Å². The van der Waals surface area contributed by atoms with Gasteiger partial charge in [0, 0.05) is 36.7 Å². The summed E-state index contributed by atoms with van der Waals surface area (Å²) in [4.78, 5) is 19.3. The van der Waals surface area contributed by atoms with Crippen molar-refractivity contribution in [2.75, 3.05) is 19.8 Å². The van der Waals surface area contributed by atoms with Crippen molar-refractivity contribution in [2.45, 2.75) is 38.8 Å². The van der Waals surface area contributed by atoms with E-state index >= 15 is 0 Å². The molecule has 6 heteroatoms. The molecule has 0 aromatic carbocycles. The zero-order valence-corrected chi connectivity index (χ0v) is 14.8. The number of carbonyl (C=O) groups is 1. The topological polar surface area (TPSA) is 47.4 Å². The van der Waals surface area contributed by atoms with Crippen LogP contribution in [0.3, 0.4) is 0 Å². The van der Waals surface area contributed by atoms with Crippen molar-refractivity contribution in [3.05, 3.63) is 40.1 Å². The maximum Gasteiger partial charge on any atom is 0.255 e. The van der Waals surface area contributed by atoms with E-state index in [9.17, 15) is 4.79 Å². The highest BCUT2D eigenvalue weighted by molar-refractivity contribution is 7.08. The van der Waals surface area contributed by atoms with Gasteiger partial charge in [0.1, 0.15) is 0 Å². The molecule has 3 heterocycles. The van der Waals surface area contributed by atoms with Crippen molar-refractivity contribution in [1.82, 2.24) is 14.5 Å². The lowest BCUT2D eigenvalue weighted by Crippen LogP contribution is -2.40. The van der Waals surface area contributed by atoms with Crippen LogP contribution in [0.15, 0.2) is 23.2 Å². The minimum absolute atomic E-state index is 0.0974. The van der Waals surface area contributed by atoms with Crippen LogP contribution in [0.1, 0.15) is 47.4 Å². The van der Waals surface area contributed by atoms with E-state index < -0.39 is 0 Å². The number of imidazole rings is 1. The molecule has 0 N–H and O–H groups in total. The minimum Gasteiger partial charge on any atom is -0.381 e. The van der Waals surface area contributed by atoms with E-state index in [-0.39, 0.29) is 11.8 Å². The Morgan fingerprint density at radius 3 is 3.04 bits per heavy atom. The molecule has 0 unspecified atom stereocenters. The lowest BCUT2D eigenvalue weighted by atomic mass is 9.98. The number of amides is 1. The Morgan fingerprint density at radius 2 is 2.33 bits per heavy atom. The summed E-state index contributed by atoms with van der Waals surface area (Å²) in [7, 11) is 0. The molecule has 1 amide bonds. The molecular weight excluding hydrogens is 322 g/mol. The van der Waals surface area contributed by atoms with Gasteiger partial charge in [-0.3, -0.25) is 4.79 Å². The lowest BCUT2D eigenvalue weighted by Gasteiger charge is -2.33. The number of carbonyl (C=O) groups excluding carboxylic acids is 1. The van der Waals surface area contributed by atoms with Crippen LogP contribution in [0.2, 0.25) is 0 Å². The Labute approximate surface area is 146 Å². The zero-order valence-electron chi connectivity index (χ0n) is 14.0. The predicted octanol–water partition coefficient (Wildman–Crippen LogP) is 3.13. The highest BCUT2D eigenvalue weighted by atomic mass is 32.1. The Hall–Kier alpha value is -1.66. The molecule has 0 radical (unpaired) electrons. The molecule has 128 valence electrons. The first-order valence-corrected chi connectivity index (χ1v) is 9.63. The number of fused-ring (bicyclic) bond motifs is 1. The Morgan fingerprint density at radius 1 is 1.46 bits per heavy atom. The van der Waals surface area contributed by atoms with Crippen LogP contribution in [-0.2, 0) is 17.8 Å². The third-order valence-electron chi connectivity index (χ3n) is 4.86. The standard InChI is InChI=1S/C18H23N3O2S/c1-2-23-10-15-8-20(18(22)14-5-6-24-11-14)9-16-17(15)21(12-19-16)7-13-3-4-13/h5-6,11-13,15H,2-4,7-10H2,1H3/t15-/m1/s1. The summed E-state index contributed by atoms with van der Waals surface area (Å²) >= 11 is 1.56. The fourth-order valence-electron chi connectivity index (χ4n) is 3.46. The van der Waals surface area contributed by atoms with Gasteiger partial charge in [0.25, 0.3) is 5.91 Å². The first-order chi connectivity index (χ1) is 11.8. The molecular formula is C18H23N3O2S. The van der Waals surface area contributed by atoms with Gasteiger partial charge in [-0.1, -0.05) is 0 Å². The Balaban J connectivity index is 1.59. The average Bonchev–Trinajstić information content (AvgIpc) is 3.09. The van der Waals surface area contributed by atoms with Crippen molar-refractivity contribution in [3.63, 3.8) is 0 Å². The maximum absolute atomic E-state index is 12.7. The van der Waals surface area contributed by atoms with Crippen LogP contribution in [0.5, 0.6) is 0 Å². The second-order valence-electron chi connectivity index (χ2n) is 6.73. The van der Waals surface area contributed by atoms with Gasteiger partial charge in [0.15, 0.2) is 0 Å². The summed E-state index contributed by atoms with van der Waals surface area (Å²) in [5.74, 6) is 1.11. The van der Waals surface area contributed by atoms with E-state index in [1.165, 1.54) is 18.5 Å². The fourth-order valence-corrected chi connectivity index (χ4v) is 4.09. The number of hydrogen-bond donors (Lipinski definition) is 0. The van der Waals surface area contributed by atoms with Crippen molar-refractivity contribution >= 4 is 17.2 Å². The second-order valence-corrected chi connectivity index (χ2v) is 7.51. The van der Waals surface area contributed by atoms with Crippen molar-refractivity contribution in [2.24, 2.45) is 5.92 Å². The summed E-state index contributed by atoms with van der Waals surface area (Å²) in [6.45, 7) is 5.72. The number of ether oxygens (including phenoxy) is 1. The number of aromatic nitrogens is 2. The largest absolute Gasteiger partial charge is 0.381 e. The monoisotopic (exact) mass is 345 g/mol. The Kier molecular flexibility index (Phi) is 4.41. The normalized spacial score (nSPS) is 20.2. The van der Waals surface area contributed by atoms with E-state index in [2.05, 4.69) is 9.55 Å². The van der Waals surface area contributed by atoms with E-state index in [4.69, 9.17) is 4.74 Å². The maximum atomic E-state index is 12.7. The summed E-state index contributed by atoms with van der Waals surface area (Å²) < 4.78 is 8.03. The SMILES string of the molecule is CCOC[C@H]1CN(C(=O)c2ccsc2)Cc2ncn(CC3CC3)c21. The van der Waals surface area contributed by atoms with Gasteiger partial charge in [-0.15, -0.1) is 0 Å². The average molecular weight is 345 g/mol.